The summed E-state index contributed by atoms with van der Waals surface area (Å²) in [7, 11) is 0. The zero-order valence-electron chi connectivity index (χ0n) is 9.94. The summed E-state index contributed by atoms with van der Waals surface area (Å²) in [6.07, 6.45) is 0.665. The molecule has 1 unspecified atom stereocenters. The maximum Gasteiger partial charge on any atom is 0.326 e. The lowest BCUT2D eigenvalue weighted by atomic mass is 10.2. The monoisotopic (exact) mass is 305 g/mol. The molecule has 0 fully saturated rings. The van der Waals surface area contributed by atoms with Gasteiger partial charge in [0.15, 0.2) is 0 Å². The Morgan fingerprint density at radius 1 is 1.58 bits per heavy atom. The van der Waals surface area contributed by atoms with Gasteiger partial charge in [-0.15, -0.1) is 0 Å². The average Bonchev–Trinajstić information content (AvgIpc) is 2.36. The summed E-state index contributed by atoms with van der Waals surface area (Å²) in [4.78, 5) is 21.0. The van der Waals surface area contributed by atoms with Crippen molar-refractivity contribution in [3.05, 3.63) is 34.6 Å². The summed E-state index contributed by atoms with van der Waals surface area (Å²) < 4.78 is 13.0. The predicted molar refractivity (Wildman–Crippen MR) is 72.8 cm³/mol. The summed E-state index contributed by atoms with van der Waals surface area (Å²) in [5, 5.41) is 11.5. The number of nitrogens with one attached hydrogen (secondary N) is 1. The first-order valence-electron chi connectivity index (χ1n) is 5.48. The molecule has 0 saturated heterocycles. The molecule has 0 aliphatic carbocycles. The Kier molecular flexibility index (Phi) is 6.66. The molecule has 0 heterocycles. The molecule has 4 nitrogen and oxygen atoms in total. The Hall–Kier alpha value is -1.27. The molecule has 1 atom stereocenters. The molecule has 0 saturated carbocycles. The lowest BCUT2D eigenvalue weighted by molar-refractivity contribution is -0.140. The largest absolute Gasteiger partial charge is 0.480 e. The van der Waals surface area contributed by atoms with E-state index in [1.807, 2.05) is 0 Å². The first-order valence-corrected chi connectivity index (χ1v) is 7.02. The maximum absolute atomic E-state index is 13.0. The van der Waals surface area contributed by atoms with Gasteiger partial charge in [-0.25, -0.2) is 9.18 Å². The van der Waals surface area contributed by atoms with Gasteiger partial charge in [-0.1, -0.05) is 11.6 Å². The molecule has 2 N–H and O–H groups in total. The molecule has 104 valence electrons. The van der Waals surface area contributed by atoms with E-state index in [1.54, 1.807) is 0 Å². The Labute approximate surface area is 119 Å². The zero-order chi connectivity index (χ0) is 14.3. The van der Waals surface area contributed by atoms with Crippen molar-refractivity contribution in [1.29, 1.82) is 0 Å². The van der Waals surface area contributed by atoms with E-state index < -0.39 is 12.0 Å². The van der Waals surface area contributed by atoms with Crippen molar-refractivity contribution in [1.82, 2.24) is 5.32 Å². The fourth-order valence-electron chi connectivity index (χ4n) is 1.40. The van der Waals surface area contributed by atoms with E-state index in [2.05, 4.69) is 5.32 Å². The van der Waals surface area contributed by atoms with Crippen LogP contribution in [0.5, 0.6) is 0 Å². The Morgan fingerprint density at radius 3 is 2.95 bits per heavy atom. The zero-order valence-corrected chi connectivity index (χ0v) is 11.5. The van der Waals surface area contributed by atoms with E-state index in [0.29, 0.717) is 34.9 Å². The quantitative estimate of drug-likeness (QED) is 0.571. The molecule has 7 heteroatoms. The van der Waals surface area contributed by atoms with Crippen molar-refractivity contribution in [2.75, 3.05) is 5.75 Å². The van der Waals surface area contributed by atoms with Crippen LogP contribution in [-0.4, -0.2) is 29.3 Å². The molecule has 0 aliphatic heterocycles. The van der Waals surface area contributed by atoms with Gasteiger partial charge in [0.2, 0.25) is 6.41 Å². The van der Waals surface area contributed by atoms with Gasteiger partial charge in [0.05, 0.1) is 0 Å². The third kappa shape index (κ3) is 5.48. The molecule has 0 aromatic heterocycles. The predicted octanol–water partition coefficient (Wildman–Crippen LogP) is 2.30. The van der Waals surface area contributed by atoms with Crippen LogP contribution in [0.25, 0.3) is 0 Å². The first kappa shape index (κ1) is 15.8. The summed E-state index contributed by atoms with van der Waals surface area (Å²) in [6, 6.07) is 3.23. The molecule has 1 aromatic carbocycles. The van der Waals surface area contributed by atoms with Crippen LogP contribution in [0.1, 0.15) is 12.0 Å². The highest BCUT2D eigenvalue weighted by Crippen LogP contribution is 2.22. The van der Waals surface area contributed by atoms with Gasteiger partial charge in [-0.05, 0) is 35.9 Å². The third-order valence-corrected chi connectivity index (χ3v) is 3.79. The highest BCUT2D eigenvalue weighted by atomic mass is 35.5. The third-order valence-electron chi connectivity index (χ3n) is 2.38. The van der Waals surface area contributed by atoms with Crippen LogP contribution in [-0.2, 0) is 15.3 Å². The minimum absolute atomic E-state index is 0.297. The number of carbonyl (C=O) groups is 2. The topological polar surface area (TPSA) is 66.4 Å². The van der Waals surface area contributed by atoms with Gasteiger partial charge in [-0.3, -0.25) is 4.79 Å². The van der Waals surface area contributed by atoms with Gasteiger partial charge in [0, 0.05) is 10.8 Å². The second kappa shape index (κ2) is 8.01. The van der Waals surface area contributed by atoms with E-state index in [1.165, 1.54) is 30.0 Å². The van der Waals surface area contributed by atoms with Crippen LogP contribution >= 0.6 is 23.4 Å². The molecule has 0 radical (unpaired) electrons. The van der Waals surface area contributed by atoms with Crippen LogP contribution in [0, 0.1) is 5.82 Å². The number of thioether (sulfide) groups is 1. The Balaban J connectivity index is 2.39. The van der Waals surface area contributed by atoms with Crippen LogP contribution in [0.3, 0.4) is 0 Å². The first-order chi connectivity index (χ1) is 9.04. The van der Waals surface area contributed by atoms with Gasteiger partial charge in [0.1, 0.15) is 11.9 Å². The molecule has 0 spiro atoms. The number of carboxylic acid groups (broad SMARTS) is 1. The second-order valence-corrected chi connectivity index (χ2v) is 5.26. The molecule has 1 aromatic rings. The summed E-state index contributed by atoms with van der Waals surface area (Å²) >= 11 is 7.34. The van der Waals surface area contributed by atoms with Gasteiger partial charge in [-0.2, -0.15) is 11.8 Å². The van der Waals surface area contributed by atoms with Crippen molar-refractivity contribution < 1.29 is 19.1 Å². The standard InChI is InChI=1S/C12H13ClFNO3S/c13-10-2-1-9(14)5-8(10)6-19-4-3-11(12(17)18)15-7-16/h1-2,5,7,11H,3-4,6H2,(H,15,16)(H,17,18). The Morgan fingerprint density at radius 2 is 2.32 bits per heavy atom. The van der Waals surface area contributed by atoms with Gasteiger partial charge >= 0.3 is 5.97 Å². The number of hydrogen-bond donors (Lipinski definition) is 2. The smallest absolute Gasteiger partial charge is 0.326 e. The number of carboxylic acids is 1. The molecule has 0 bridgehead atoms. The number of benzene rings is 1. The second-order valence-electron chi connectivity index (χ2n) is 3.75. The minimum Gasteiger partial charge on any atom is -0.480 e. The summed E-state index contributed by atoms with van der Waals surface area (Å²) in [6.45, 7) is 0. The molecular weight excluding hydrogens is 293 g/mol. The minimum atomic E-state index is -1.07. The number of amides is 1. The number of rotatable bonds is 8. The van der Waals surface area contributed by atoms with Crippen LogP contribution in [0.2, 0.25) is 5.02 Å². The normalized spacial score (nSPS) is 11.9. The van der Waals surface area contributed by atoms with Gasteiger partial charge in [0.25, 0.3) is 0 Å². The molecule has 19 heavy (non-hydrogen) atoms. The molecule has 0 aliphatic rings. The Bertz CT molecular complexity index is 459. The van der Waals surface area contributed by atoms with E-state index >= 15 is 0 Å². The van der Waals surface area contributed by atoms with E-state index in [9.17, 15) is 14.0 Å². The van der Waals surface area contributed by atoms with Crippen molar-refractivity contribution in [2.45, 2.75) is 18.2 Å². The van der Waals surface area contributed by atoms with Crippen molar-refractivity contribution in [3.8, 4) is 0 Å². The number of hydrogen-bond acceptors (Lipinski definition) is 3. The molecule has 1 rings (SSSR count). The van der Waals surface area contributed by atoms with E-state index in [4.69, 9.17) is 16.7 Å². The van der Waals surface area contributed by atoms with E-state index in [-0.39, 0.29) is 5.82 Å². The van der Waals surface area contributed by atoms with Crippen molar-refractivity contribution in [2.24, 2.45) is 0 Å². The summed E-state index contributed by atoms with van der Waals surface area (Å²) in [5.74, 6) is -0.420. The van der Waals surface area contributed by atoms with Crippen molar-refractivity contribution in [3.63, 3.8) is 0 Å². The van der Waals surface area contributed by atoms with Crippen molar-refractivity contribution >= 4 is 35.7 Å². The lowest BCUT2D eigenvalue weighted by Gasteiger charge is -2.10. The lowest BCUT2D eigenvalue weighted by Crippen LogP contribution is -2.36. The molecule has 1 amide bonds. The summed E-state index contributed by atoms with van der Waals surface area (Å²) in [5.41, 5.74) is 0.668. The fraction of sp³-hybridized carbons (Fsp3) is 0.333. The number of aliphatic carboxylic acids is 1. The number of halogens is 2. The number of carbonyl (C=O) groups excluding carboxylic acids is 1. The van der Waals surface area contributed by atoms with Crippen LogP contribution in [0.4, 0.5) is 4.39 Å². The highest BCUT2D eigenvalue weighted by Gasteiger charge is 2.15. The van der Waals surface area contributed by atoms with E-state index in [0.717, 1.165) is 0 Å². The van der Waals surface area contributed by atoms with Crippen LogP contribution in [0.15, 0.2) is 18.2 Å². The SMILES string of the molecule is O=CNC(CCSCc1cc(F)ccc1Cl)C(=O)O. The maximum atomic E-state index is 13.0. The van der Waals surface area contributed by atoms with Crippen LogP contribution < -0.4 is 5.32 Å². The fourth-order valence-corrected chi connectivity index (χ4v) is 2.67. The average molecular weight is 306 g/mol. The highest BCUT2D eigenvalue weighted by molar-refractivity contribution is 7.98. The van der Waals surface area contributed by atoms with Gasteiger partial charge < -0.3 is 10.4 Å². The molecular formula is C12H13ClFNO3S.